The lowest BCUT2D eigenvalue weighted by Crippen LogP contribution is -2.51. The number of hydrogen-bond donors (Lipinski definition) is 2. The fourth-order valence-electron chi connectivity index (χ4n) is 6.14. The molecule has 0 saturated carbocycles. The summed E-state index contributed by atoms with van der Waals surface area (Å²) in [6.45, 7) is 4.29. The van der Waals surface area contributed by atoms with Crippen LogP contribution in [0.1, 0.15) is 25.8 Å². The topological polar surface area (TPSA) is 196 Å². The fraction of sp³-hybridized carbons (Fsp3) is 0.400. The monoisotopic (exact) mass is 721 g/mol. The molecule has 2 aliphatic rings. The van der Waals surface area contributed by atoms with Gasteiger partial charge in [0.1, 0.15) is 6.10 Å². The number of aliphatic hydroxyl groups excluding tert-OH is 1. The van der Waals surface area contributed by atoms with E-state index in [9.17, 15) is 28.4 Å². The molecule has 2 fully saturated rings. The fourth-order valence-corrected chi connectivity index (χ4v) is 7.77. The quantitative estimate of drug-likeness (QED) is 0.138. The highest BCUT2D eigenvalue weighted by Crippen LogP contribution is 2.33. The molecule has 16 heteroatoms. The van der Waals surface area contributed by atoms with Crippen LogP contribution < -0.4 is 5.32 Å². The number of rotatable bonds is 14. The number of amides is 1. The van der Waals surface area contributed by atoms with Crippen LogP contribution in [0.2, 0.25) is 0 Å². The van der Waals surface area contributed by atoms with Gasteiger partial charge in [0.2, 0.25) is 15.8 Å². The van der Waals surface area contributed by atoms with Gasteiger partial charge in [0.05, 0.1) is 41.1 Å². The number of alkyl carbamates (subject to hydrolysis) is 1. The minimum Gasteiger partial charge on any atom is -0.443 e. The van der Waals surface area contributed by atoms with E-state index in [1.165, 1.54) is 40.7 Å². The van der Waals surface area contributed by atoms with E-state index in [0.29, 0.717) is 24.2 Å². The van der Waals surface area contributed by atoms with Gasteiger partial charge in [0.25, 0.3) is 11.6 Å². The number of ether oxygens (including phenoxy) is 3. The van der Waals surface area contributed by atoms with Gasteiger partial charge in [-0.3, -0.25) is 10.1 Å². The first kappa shape index (κ1) is 36.1. The van der Waals surface area contributed by atoms with Crippen molar-refractivity contribution in [2.75, 3.05) is 26.3 Å². The van der Waals surface area contributed by atoms with Crippen molar-refractivity contribution in [1.29, 1.82) is 0 Å². The minimum atomic E-state index is -4.12. The Morgan fingerprint density at radius 2 is 1.75 bits per heavy atom. The van der Waals surface area contributed by atoms with Crippen LogP contribution in [-0.2, 0) is 30.7 Å². The van der Waals surface area contributed by atoms with E-state index in [0.717, 1.165) is 5.56 Å². The van der Waals surface area contributed by atoms with Crippen molar-refractivity contribution in [3.63, 3.8) is 0 Å². The first-order valence-electron chi connectivity index (χ1n) is 16.6. The molecule has 4 aromatic rings. The molecule has 3 unspecified atom stereocenters. The van der Waals surface area contributed by atoms with E-state index >= 15 is 0 Å². The lowest BCUT2D eigenvalue weighted by molar-refractivity contribution is -0.384. The summed E-state index contributed by atoms with van der Waals surface area (Å²) in [5, 5.41) is 29.3. The largest absolute Gasteiger partial charge is 0.443 e. The normalized spacial score (nSPS) is 19.9. The molecule has 0 radical (unpaired) electrons. The van der Waals surface area contributed by atoms with Crippen LogP contribution in [0.25, 0.3) is 22.8 Å². The molecule has 51 heavy (non-hydrogen) atoms. The van der Waals surface area contributed by atoms with Crippen LogP contribution in [-0.4, -0.2) is 89.8 Å². The third-order valence-electron chi connectivity index (χ3n) is 8.77. The van der Waals surface area contributed by atoms with Crippen molar-refractivity contribution in [3.05, 3.63) is 94.5 Å². The summed E-state index contributed by atoms with van der Waals surface area (Å²) in [4.78, 5) is 27.9. The summed E-state index contributed by atoms with van der Waals surface area (Å²) >= 11 is 0. The third-order valence-corrected chi connectivity index (χ3v) is 10.6. The van der Waals surface area contributed by atoms with Crippen LogP contribution in [0.4, 0.5) is 10.5 Å². The number of carbonyl (C=O) groups is 1. The molecule has 5 atom stereocenters. The van der Waals surface area contributed by atoms with Crippen molar-refractivity contribution < 1.29 is 42.0 Å². The van der Waals surface area contributed by atoms with Gasteiger partial charge in [0.15, 0.2) is 6.29 Å². The lowest BCUT2D eigenvalue weighted by Gasteiger charge is -2.31. The minimum absolute atomic E-state index is 0.0141. The molecule has 270 valence electrons. The Hall–Kier alpha value is -4.74. The summed E-state index contributed by atoms with van der Waals surface area (Å²) in [6.07, 6.45) is -1.99. The second-order valence-corrected chi connectivity index (χ2v) is 14.9. The molecule has 6 rings (SSSR count). The molecule has 0 aliphatic carbocycles. The Labute approximate surface area is 294 Å². The maximum absolute atomic E-state index is 14.0. The van der Waals surface area contributed by atoms with Gasteiger partial charge in [-0.15, -0.1) is 0 Å². The van der Waals surface area contributed by atoms with Crippen LogP contribution in [0.15, 0.2) is 88.3 Å². The number of nitro groups is 1. The predicted molar refractivity (Wildman–Crippen MR) is 183 cm³/mol. The smallest absolute Gasteiger partial charge is 0.407 e. The number of aromatic nitrogens is 2. The van der Waals surface area contributed by atoms with Gasteiger partial charge < -0.3 is 29.2 Å². The second-order valence-electron chi connectivity index (χ2n) is 12.9. The Kier molecular flexibility index (Phi) is 11.1. The highest BCUT2D eigenvalue weighted by Gasteiger charge is 2.44. The summed E-state index contributed by atoms with van der Waals surface area (Å²) < 4.78 is 51.4. The zero-order chi connectivity index (χ0) is 36.1. The first-order chi connectivity index (χ1) is 24.5. The number of non-ortho nitro benzene ring substituents is 1. The standard InChI is InChI=1S/C35H39N5O10S/c1-22(2)19-39(20-30(41)29(18-23-6-4-3-5-7-23)36-35(42)49-31-21-48-34-28(31)16-17-47-34)51(45,46)27-14-10-24(11-15-27)32-37-33(50-38-32)25-8-12-26(13-9-25)40(43)44/h3-15,22,28-31,34,41H,16-21H2,1-2H3,(H,36,42)/t28?,29-,30+,31?,34?/m0/s1. The van der Waals surface area contributed by atoms with E-state index in [4.69, 9.17) is 18.7 Å². The summed E-state index contributed by atoms with van der Waals surface area (Å²) in [5.41, 5.74) is 1.73. The zero-order valence-corrected chi connectivity index (χ0v) is 28.8. The molecule has 3 aromatic carbocycles. The van der Waals surface area contributed by atoms with Gasteiger partial charge in [-0.1, -0.05) is 49.3 Å². The number of aliphatic hydroxyl groups is 1. The van der Waals surface area contributed by atoms with E-state index in [1.54, 1.807) is 12.1 Å². The molecule has 2 saturated heterocycles. The average Bonchev–Trinajstić information content (AvgIpc) is 3.88. The zero-order valence-electron chi connectivity index (χ0n) is 28.0. The highest BCUT2D eigenvalue weighted by molar-refractivity contribution is 7.89. The maximum atomic E-state index is 14.0. The van der Waals surface area contributed by atoms with Gasteiger partial charge >= 0.3 is 6.09 Å². The van der Waals surface area contributed by atoms with Crippen LogP contribution >= 0.6 is 0 Å². The van der Waals surface area contributed by atoms with Crippen molar-refractivity contribution in [2.45, 2.75) is 56.1 Å². The van der Waals surface area contributed by atoms with Gasteiger partial charge in [-0.2, -0.15) is 9.29 Å². The summed E-state index contributed by atoms with van der Waals surface area (Å²) in [7, 11) is -4.12. The molecule has 2 aliphatic heterocycles. The first-order valence-corrected chi connectivity index (χ1v) is 18.0. The number of nitrogens with zero attached hydrogens (tertiary/aromatic N) is 4. The maximum Gasteiger partial charge on any atom is 0.407 e. The predicted octanol–water partition coefficient (Wildman–Crippen LogP) is 4.42. The Balaban J connectivity index is 1.17. The SMILES string of the molecule is CC(C)CN(C[C@@H](O)[C@H](Cc1ccccc1)NC(=O)OC1COC2OCCC12)S(=O)(=O)c1ccc(-c2noc(-c3ccc([N+](=O)[O-])cc3)n2)cc1. The molecule has 1 aromatic heterocycles. The molecule has 0 spiro atoms. The molecule has 2 N–H and O–H groups in total. The number of nitrogens with one attached hydrogen (secondary N) is 1. The van der Waals surface area contributed by atoms with E-state index in [1.807, 2.05) is 44.2 Å². The Morgan fingerprint density at radius 1 is 1.04 bits per heavy atom. The van der Waals surface area contributed by atoms with Gasteiger partial charge in [-0.05, 0) is 60.7 Å². The molecular weight excluding hydrogens is 682 g/mol. The van der Waals surface area contributed by atoms with Crippen LogP contribution in [0.3, 0.4) is 0 Å². The Morgan fingerprint density at radius 3 is 2.43 bits per heavy atom. The number of fused-ring (bicyclic) bond motifs is 1. The van der Waals surface area contributed by atoms with Crippen molar-refractivity contribution in [1.82, 2.24) is 19.8 Å². The number of carbonyl (C=O) groups excluding carboxylic acids is 1. The molecule has 1 amide bonds. The molecular formula is C35H39N5O10S. The van der Waals surface area contributed by atoms with E-state index < -0.39 is 45.6 Å². The number of benzene rings is 3. The number of hydrogen-bond acceptors (Lipinski definition) is 12. The number of sulfonamides is 1. The van der Waals surface area contributed by atoms with Crippen LogP contribution in [0, 0.1) is 22.0 Å². The third kappa shape index (κ3) is 8.60. The molecule has 15 nitrogen and oxygen atoms in total. The Bertz CT molecular complexity index is 1910. The van der Waals surface area contributed by atoms with Gasteiger partial charge in [0, 0.05) is 36.3 Å². The highest BCUT2D eigenvalue weighted by atomic mass is 32.2. The van der Waals surface area contributed by atoms with Gasteiger partial charge in [-0.25, -0.2) is 13.2 Å². The lowest BCUT2D eigenvalue weighted by atomic mass is 10.0. The summed E-state index contributed by atoms with van der Waals surface area (Å²) in [5.74, 6) is 0.189. The molecule has 0 bridgehead atoms. The average molecular weight is 722 g/mol. The van der Waals surface area contributed by atoms with E-state index in [-0.39, 0.29) is 60.3 Å². The van der Waals surface area contributed by atoms with Crippen LogP contribution in [0.5, 0.6) is 0 Å². The van der Waals surface area contributed by atoms with Crippen molar-refractivity contribution in [3.8, 4) is 22.8 Å². The van der Waals surface area contributed by atoms with E-state index in [2.05, 4.69) is 15.5 Å². The van der Waals surface area contributed by atoms with Crippen molar-refractivity contribution in [2.24, 2.45) is 11.8 Å². The molecule has 3 heterocycles. The van der Waals surface area contributed by atoms with Crippen molar-refractivity contribution >= 4 is 21.8 Å². The number of nitro benzene ring substituents is 1. The second kappa shape index (κ2) is 15.7. The summed E-state index contributed by atoms with van der Waals surface area (Å²) in [6, 6.07) is 20.0.